The molecule has 1 aliphatic carbocycles. The highest BCUT2D eigenvalue weighted by atomic mass is 19.3. The molecule has 2 aliphatic rings. The largest absolute Gasteiger partial charge is 0.388 e. The van der Waals surface area contributed by atoms with Gasteiger partial charge in [-0.05, 0) is 24.5 Å². The number of fused-ring (bicyclic) bond motifs is 1. The van der Waals surface area contributed by atoms with Crippen LogP contribution in [0, 0.1) is 0 Å². The molecule has 1 aliphatic heterocycles. The number of methoxy groups -OCH3 is 1. The molecule has 1 saturated heterocycles. The Morgan fingerprint density at radius 1 is 1.09 bits per heavy atom. The maximum absolute atomic E-state index is 13.6. The minimum Gasteiger partial charge on any atom is -0.388 e. The van der Waals surface area contributed by atoms with Crippen LogP contribution >= 0.6 is 0 Å². The fraction of sp³-hybridized carbons (Fsp3) is 0.667. The van der Waals surface area contributed by atoms with Crippen molar-refractivity contribution in [1.29, 1.82) is 0 Å². The number of imidazole rings is 1. The second-order valence-electron chi connectivity index (χ2n) is 8.35. The van der Waals surface area contributed by atoms with E-state index in [4.69, 9.17) is 5.73 Å². The van der Waals surface area contributed by atoms with E-state index >= 15 is 0 Å². The molecule has 3 N–H and O–H groups in total. The number of hydrogen-bond acceptors (Lipinski definition) is 5. The molecule has 2 fully saturated rings. The number of nitrogens with zero attached hydrogens (tertiary/aromatic N) is 4. The lowest BCUT2D eigenvalue weighted by Crippen LogP contribution is -2.48. The third kappa shape index (κ3) is 7.95. The van der Waals surface area contributed by atoms with Gasteiger partial charge in [-0.1, -0.05) is 6.42 Å². The average molecular weight is 512 g/mol. The molecule has 2 aromatic rings. The van der Waals surface area contributed by atoms with E-state index in [9.17, 15) is 31.1 Å². The second kappa shape index (κ2) is 11.9. The Morgan fingerprint density at radius 3 is 2.26 bits per heavy atom. The summed E-state index contributed by atoms with van der Waals surface area (Å²) in [4.78, 5) is 16.6. The van der Waals surface area contributed by atoms with Crippen LogP contribution in [0.1, 0.15) is 43.4 Å². The number of carbonyl (C=O) groups excluding carboxylic acids is 1. The van der Waals surface area contributed by atoms with Crippen molar-refractivity contribution >= 4 is 11.7 Å². The number of carbonyl (C=O) groups is 1. The summed E-state index contributed by atoms with van der Waals surface area (Å²) in [5, 5.41) is 5.84. The summed E-state index contributed by atoms with van der Waals surface area (Å²) < 4.78 is 84.1. The van der Waals surface area contributed by atoms with Gasteiger partial charge in [-0.3, -0.25) is 0 Å². The number of rotatable bonds is 3. The molecule has 198 valence electrons. The molecule has 2 aromatic heterocycles. The SMILES string of the molecule is COC.FC1(F)CCCCC1.NCc1cn2ncc(CN3CC(F)(F)C(F)(F)CNC3=O)cc2n1. The third-order valence-corrected chi connectivity index (χ3v) is 5.27. The first kappa shape index (κ1) is 28.6. The minimum atomic E-state index is -4.33. The number of alkyl halides is 6. The summed E-state index contributed by atoms with van der Waals surface area (Å²) >= 11 is 0. The number of aromatic nitrogens is 3. The molecular weight excluding hydrogens is 482 g/mol. The Hall–Kier alpha value is -2.61. The zero-order chi connectivity index (χ0) is 26.3. The summed E-state index contributed by atoms with van der Waals surface area (Å²) in [6.45, 7) is -2.90. The van der Waals surface area contributed by atoms with E-state index in [1.165, 1.54) is 16.8 Å². The average Bonchev–Trinajstić information content (AvgIpc) is 3.17. The molecule has 2 amide bonds. The van der Waals surface area contributed by atoms with Gasteiger partial charge in [-0.2, -0.15) is 22.7 Å². The predicted octanol–water partition coefficient (Wildman–Crippen LogP) is 3.83. The Morgan fingerprint density at radius 2 is 1.71 bits per heavy atom. The van der Waals surface area contributed by atoms with Gasteiger partial charge in [0.15, 0.2) is 5.65 Å². The number of hydrogen-bond donors (Lipinski definition) is 2. The number of halogens is 6. The molecule has 0 unspecified atom stereocenters. The molecule has 14 heteroatoms. The van der Waals surface area contributed by atoms with Crippen molar-refractivity contribution in [2.75, 3.05) is 27.3 Å². The third-order valence-electron chi connectivity index (χ3n) is 5.27. The molecule has 8 nitrogen and oxygen atoms in total. The van der Waals surface area contributed by atoms with Gasteiger partial charge in [0, 0.05) is 40.2 Å². The van der Waals surface area contributed by atoms with Gasteiger partial charge in [0.25, 0.3) is 0 Å². The van der Waals surface area contributed by atoms with Gasteiger partial charge in [0.2, 0.25) is 5.92 Å². The van der Waals surface area contributed by atoms with Crippen molar-refractivity contribution in [3.63, 3.8) is 0 Å². The van der Waals surface area contributed by atoms with Crippen LogP contribution in [0.4, 0.5) is 31.1 Å². The molecule has 0 aromatic carbocycles. The van der Waals surface area contributed by atoms with Gasteiger partial charge >= 0.3 is 17.9 Å². The van der Waals surface area contributed by atoms with Crippen LogP contribution in [0.25, 0.3) is 5.65 Å². The van der Waals surface area contributed by atoms with E-state index in [1.54, 1.807) is 20.4 Å². The maximum atomic E-state index is 13.6. The van der Waals surface area contributed by atoms with E-state index in [0.717, 1.165) is 6.42 Å². The lowest BCUT2D eigenvalue weighted by atomic mass is 9.97. The van der Waals surface area contributed by atoms with Crippen molar-refractivity contribution in [2.45, 2.75) is 63.0 Å². The first-order valence-corrected chi connectivity index (χ1v) is 10.9. The van der Waals surface area contributed by atoms with E-state index in [2.05, 4.69) is 14.8 Å². The van der Waals surface area contributed by atoms with Gasteiger partial charge < -0.3 is 20.7 Å². The topological polar surface area (TPSA) is 97.8 Å². The summed E-state index contributed by atoms with van der Waals surface area (Å²) in [6, 6.07) is 0.540. The van der Waals surface area contributed by atoms with Crippen molar-refractivity contribution in [1.82, 2.24) is 24.8 Å². The Bertz CT molecular complexity index is 963. The van der Waals surface area contributed by atoms with Gasteiger partial charge in [-0.15, -0.1) is 0 Å². The summed E-state index contributed by atoms with van der Waals surface area (Å²) in [7, 11) is 3.25. The normalized spacial score (nSPS) is 20.6. The fourth-order valence-corrected chi connectivity index (χ4v) is 3.42. The predicted molar refractivity (Wildman–Crippen MR) is 116 cm³/mol. The van der Waals surface area contributed by atoms with Crippen LogP contribution in [0.5, 0.6) is 0 Å². The highest BCUT2D eigenvalue weighted by molar-refractivity contribution is 5.74. The van der Waals surface area contributed by atoms with Crippen LogP contribution < -0.4 is 11.1 Å². The maximum Gasteiger partial charge on any atom is 0.329 e. The van der Waals surface area contributed by atoms with Crippen LogP contribution in [-0.2, 0) is 17.8 Å². The van der Waals surface area contributed by atoms with Gasteiger partial charge in [0.05, 0.1) is 31.2 Å². The van der Waals surface area contributed by atoms with Crippen LogP contribution in [0.3, 0.4) is 0 Å². The first-order valence-electron chi connectivity index (χ1n) is 10.9. The summed E-state index contributed by atoms with van der Waals surface area (Å²) in [5.74, 6) is -11.0. The molecule has 0 bridgehead atoms. The lowest BCUT2D eigenvalue weighted by molar-refractivity contribution is -0.204. The van der Waals surface area contributed by atoms with Crippen molar-refractivity contribution < 1.29 is 35.9 Å². The molecule has 1 saturated carbocycles. The number of urea groups is 1. The number of nitrogens with one attached hydrogen (secondary N) is 1. The number of amides is 2. The van der Waals surface area contributed by atoms with Gasteiger partial charge in [0.1, 0.15) is 0 Å². The number of nitrogens with two attached hydrogens (primary N) is 1. The molecule has 0 spiro atoms. The molecule has 3 heterocycles. The Kier molecular flexibility index (Phi) is 9.72. The molecule has 35 heavy (non-hydrogen) atoms. The second-order valence-corrected chi connectivity index (χ2v) is 8.35. The molecular formula is C21H30F6N6O2. The lowest BCUT2D eigenvalue weighted by Gasteiger charge is -2.26. The van der Waals surface area contributed by atoms with E-state index in [1.807, 2.05) is 5.32 Å². The Labute approximate surface area is 198 Å². The molecule has 0 atom stereocenters. The van der Waals surface area contributed by atoms with Crippen molar-refractivity contribution in [3.05, 3.63) is 29.7 Å². The molecule has 4 rings (SSSR count). The highest BCUT2D eigenvalue weighted by Crippen LogP contribution is 2.36. The quantitative estimate of drug-likeness (QED) is 0.610. The van der Waals surface area contributed by atoms with Crippen molar-refractivity contribution in [2.24, 2.45) is 5.73 Å². The highest BCUT2D eigenvalue weighted by Gasteiger charge is 2.59. The van der Waals surface area contributed by atoms with E-state index < -0.39 is 36.9 Å². The fourth-order valence-electron chi connectivity index (χ4n) is 3.42. The van der Waals surface area contributed by atoms with Crippen molar-refractivity contribution in [3.8, 4) is 0 Å². The van der Waals surface area contributed by atoms with Gasteiger partial charge in [-0.25, -0.2) is 23.1 Å². The monoisotopic (exact) mass is 512 g/mol. The van der Waals surface area contributed by atoms with Crippen LogP contribution in [0.15, 0.2) is 18.5 Å². The zero-order valence-electron chi connectivity index (χ0n) is 19.5. The molecule has 0 radical (unpaired) electrons. The van der Waals surface area contributed by atoms with E-state index in [-0.39, 0.29) is 25.9 Å². The first-order chi connectivity index (χ1) is 16.3. The number of ether oxygens (including phenoxy) is 1. The van der Waals surface area contributed by atoms with Crippen LogP contribution in [-0.4, -0.2) is 70.6 Å². The minimum absolute atomic E-state index is 0.118. The summed E-state index contributed by atoms with van der Waals surface area (Å²) in [6.07, 6.45) is 5.62. The zero-order valence-corrected chi connectivity index (χ0v) is 19.5. The van der Waals surface area contributed by atoms with Crippen LogP contribution in [0.2, 0.25) is 0 Å². The standard InChI is InChI=1S/C13H14F4N6O.C6H10F2.C2H6O/c14-12(15)6-19-11(24)22(7-13(12,16)17)4-8-1-10-21-9(2-18)5-23(10)20-3-8;7-6(8)4-2-1-3-5-6;1-3-2/h1,3,5H,2,4,6-7,18H2,(H,19,24);1-5H2;1-2H3. The summed E-state index contributed by atoms with van der Waals surface area (Å²) in [5.41, 5.74) is 6.85. The Balaban J connectivity index is 0.000000327. The van der Waals surface area contributed by atoms with E-state index in [0.29, 0.717) is 34.6 Å². The smallest absolute Gasteiger partial charge is 0.329 e.